The molecule has 1 amide bonds. The summed E-state index contributed by atoms with van der Waals surface area (Å²) in [7, 11) is 0. The molecule has 3 fully saturated rings. The van der Waals surface area contributed by atoms with Gasteiger partial charge >= 0.3 is 6.09 Å². The molecule has 1 heterocycles. The summed E-state index contributed by atoms with van der Waals surface area (Å²) < 4.78 is 5.68. The van der Waals surface area contributed by atoms with E-state index in [1.54, 1.807) is 0 Å². The third kappa shape index (κ3) is 4.20. The van der Waals surface area contributed by atoms with Gasteiger partial charge in [0.05, 0.1) is 0 Å². The average Bonchev–Trinajstić information content (AvgIpc) is 2.89. The summed E-state index contributed by atoms with van der Waals surface area (Å²) in [5.74, 6) is 0.614. The first-order valence-electron chi connectivity index (χ1n) is 9.70. The summed E-state index contributed by atoms with van der Waals surface area (Å²) in [4.78, 5) is 14.7. The van der Waals surface area contributed by atoms with Crippen molar-refractivity contribution in [3.8, 4) is 0 Å². The fraction of sp³-hybridized carbons (Fsp3) is 0.947. The Morgan fingerprint density at radius 2 is 1.74 bits per heavy atom. The van der Waals surface area contributed by atoms with Gasteiger partial charge in [0.15, 0.2) is 0 Å². The van der Waals surface area contributed by atoms with Gasteiger partial charge in [-0.1, -0.05) is 12.8 Å². The highest BCUT2D eigenvalue weighted by Crippen LogP contribution is 2.37. The molecule has 2 aliphatic carbocycles. The SMILES string of the molecule is CC(C)(C)OC(=O)N1CCCCC1C1CCCC1NC1CCC1. The van der Waals surface area contributed by atoms with Crippen LogP contribution in [0.25, 0.3) is 0 Å². The van der Waals surface area contributed by atoms with Crippen molar-refractivity contribution in [3.05, 3.63) is 0 Å². The molecule has 4 heteroatoms. The zero-order chi connectivity index (χ0) is 16.4. The van der Waals surface area contributed by atoms with Gasteiger partial charge in [-0.05, 0) is 71.6 Å². The van der Waals surface area contributed by atoms with Crippen LogP contribution in [0.15, 0.2) is 0 Å². The molecule has 0 spiro atoms. The third-order valence-electron chi connectivity index (χ3n) is 5.80. The van der Waals surface area contributed by atoms with Crippen molar-refractivity contribution < 1.29 is 9.53 Å². The lowest BCUT2D eigenvalue weighted by Crippen LogP contribution is -2.54. The van der Waals surface area contributed by atoms with Gasteiger partial charge in [0.25, 0.3) is 0 Å². The molecular formula is C19H34N2O2. The van der Waals surface area contributed by atoms with Crippen LogP contribution in [-0.4, -0.2) is 41.3 Å². The minimum absolute atomic E-state index is 0.100. The topological polar surface area (TPSA) is 41.6 Å². The second kappa shape index (κ2) is 7.00. The summed E-state index contributed by atoms with van der Waals surface area (Å²) in [6.07, 6.45) is 11.3. The summed E-state index contributed by atoms with van der Waals surface area (Å²) >= 11 is 0. The number of nitrogens with one attached hydrogen (secondary N) is 1. The predicted octanol–water partition coefficient (Wildman–Crippen LogP) is 4.09. The quantitative estimate of drug-likeness (QED) is 0.851. The number of ether oxygens (including phenoxy) is 1. The van der Waals surface area contributed by atoms with Crippen molar-refractivity contribution in [2.24, 2.45) is 5.92 Å². The molecule has 1 saturated heterocycles. The number of carbonyl (C=O) groups is 1. The molecule has 3 atom stereocenters. The van der Waals surface area contributed by atoms with Crippen molar-refractivity contribution in [2.45, 2.75) is 102 Å². The Kier molecular flexibility index (Phi) is 5.19. The molecule has 2 saturated carbocycles. The second-order valence-corrected chi connectivity index (χ2v) is 8.73. The first-order chi connectivity index (χ1) is 10.9. The van der Waals surface area contributed by atoms with Crippen LogP contribution in [0.3, 0.4) is 0 Å². The normalized spacial score (nSPS) is 32.7. The molecule has 3 rings (SSSR count). The molecule has 3 unspecified atom stereocenters. The molecule has 0 radical (unpaired) electrons. The Hall–Kier alpha value is -0.770. The summed E-state index contributed by atoms with van der Waals surface area (Å²) in [6.45, 7) is 6.74. The number of hydrogen-bond donors (Lipinski definition) is 1. The van der Waals surface area contributed by atoms with E-state index < -0.39 is 5.60 Å². The van der Waals surface area contributed by atoms with Gasteiger partial charge in [0, 0.05) is 24.7 Å². The predicted molar refractivity (Wildman–Crippen MR) is 92.5 cm³/mol. The van der Waals surface area contributed by atoms with Crippen LogP contribution in [0, 0.1) is 5.92 Å². The van der Waals surface area contributed by atoms with Crippen LogP contribution in [0.2, 0.25) is 0 Å². The van der Waals surface area contributed by atoms with Crippen LogP contribution >= 0.6 is 0 Å². The Labute approximate surface area is 141 Å². The van der Waals surface area contributed by atoms with Crippen LogP contribution in [0.1, 0.15) is 78.6 Å². The zero-order valence-electron chi connectivity index (χ0n) is 15.1. The van der Waals surface area contributed by atoms with E-state index in [2.05, 4.69) is 10.2 Å². The van der Waals surface area contributed by atoms with Crippen LogP contribution in [0.4, 0.5) is 4.79 Å². The summed E-state index contributed by atoms with van der Waals surface area (Å²) in [5, 5.41) is 3.89. The zero-order valence-corrected chi connectivity index (χ0v) is 15.1. The first kappa shape index (κ1) is 17.1. The minimum atomic E-state index is -0.404. The molecule has 23 heavy (non-hydrogen) atoms. The molecule has 0 bridgehead atoms. The smallest absolute Gasteiger partial charge is 0.410 e. The molecule has 3 aliphatic rings. The minimum Gasteiger partial charge on any atom is -0.444 e. The number of rotatable bonds is 3. The number of amides is 1. The van der Waals surface area contributed by atoms with E-state index in [0.29, 0.717) is 18.0 Å². The van der Waals surface area contributed by atoms with Crippen LogP contribution in [-0.2, 0) is 4.74 Å². The van der Waals surface area contributed by atoms with Gasteiger partial charge in [-0.15, -0.1) is 0 Å². The molecular weight excluding hydrogens is 288 g/mol. The lowest BCUT2D eigenvalue weighted by atomic mass is 9.85. The van der Waals surface area contributed by atoms with E-state index in [0.717, 1.165) is 25.4 Å². The molecule has 4 nitrogen and oxygen atoms in total. The van der Waals surface area contributed by atoms with Crippen molar-refractivity contribution >= 4 is 6.09 Å². The van der Waals surface area contributed by atoms with Crippen molar-refractivity contribution in [1.82, 2.24) is 10.2 Å². The fourth-order valence-corrected chi connectivity index (χ4v) is 4.48. The molecule has 0 aromatic heterocycles. The lowest BCUT2D eigenvalue weighted by molar-refractivity contribution is -0.000660. The standard InChI is InChI=1S/C19H34N2O2/c1-19(2,3)23-18(22)21-13-5-4-12-17(21)15-10-7-11-16(15)20-14-8-6-9-14/h14-17,20H,4-13H2,1-3H3. The number of hydrogen-bond acceptors (Lipinski definition) is 3. The van der Waals surface area contributed by atoms with Crippen molar-refractivity contribution in [3.63, 3.8) is 0 Å². The van der Waals surface area contributed by atoms with Gasteiger partial charge in [-0.25, -0.2) is 4.79 Å². The van der Waals surface area contributed by atoms with Crippen molar-refractivity contribution in [2.75, 3.05) is 6.54 Å². The van der Waals surface area contributed by atoms with E-state index in [4.69, 9.17) is 4.74 Å². The van der Waals surface area contributed by atoms with E-state index in [1.165, 1.54) is 44.9 Å². The molecule has 0 aromatic rings. The van der Waals surface area contributed by atoms with Crippen LogP contribution in [0.5, 0.6) is 0 Å². The van der Waals surface area contributed by atoms with Gasteiger partial charge in [0.2, 0.25) is 0 Å². The van der Waals surface area contributed by atoms with Crippen LogP contribution < -0.4 is 5.32 Å². The monoisotopic (exact) mass is 322 g/mol. The number of carbonyl (C=O) groups excluding carboxylic acids is 1. The molecule has 1 N–H and O–H groups in total. The summed E-state index contributed by atoms with van der Waals surface area (Å²) in [5.41, 5.74) is -0.404. The Bertz CT molecular complexity index is 414. The first-order valence-corrected chi connectivity index (χ1v) is 9.70. The highest BCUT2D eigenvalue weighted by molar-refractivity contribution is 5.68. The van der Waals surface area contributed by atoms with E-state index in [9.17, 15) is 4.79 Å². The van der Waals surface area contributed by atoms with E-state index in [1.807, 2.05) is 20.8 Å². The maximum atomic E-state index is 12.7. The highest BCUT2D eigenvalue weighted by atomic mass is 16.6. The lowest BCUT2D eigenvalue weighted by Gasteiger charge is -2.43. The summed E-state index contributed by atoms with van der Waals surface area (Å²) in [6, 6.07) is 1.71. The number of nitrogens with zero attached hydrogens (tertiary/aromatic N) is 1. The van der Waals surface area contributed by atoms with E-state index >= 15 is 0 Å². The maximum Gasteiger partial charge on any atom is 0.410 e. The molecule has 1 aliphatic heterocycles. The molecule has 0 aromatic carbocycles. The van der Waals surface area contributed by atoms with Crippen molar-refractivity contribution in [1.29, 1.82) is 0 Å². The van der Waals surface area contributed by atoms with Gasteiger partial charge in [-0.2, -0.15) is 0 Å². The number of likely N-dealkylation sites (tertiary alicyclic amines) is 1. The van der Waals surface area contributed by atoms with Gasteiger partial charge < -0.3 is 15.0 Å². The molecule has 132 valence electrons. The largest absolute Gasteiger partial charge is 0.444 e. The highest BCUT2D eigenvalue weighted by Gasteiger charge is 2.41. The van der Waals surface area contributed by atoms with Gasteiger partial charge in [-0.3, -0.25) is 0 Å². The second-order valence-electron chi connectivity index (χ2n) is 8.73. The third-order valence-corrected chi connectivity index (χ3v) is 5.80. The maximum absolute atomic E-state index is 12.7. The van der Waals surface area contributed by atoms with Gasteiger partial charge in [0.1, 0.15) is 5.60 Å². The van der Waals surface area contributed by atoms with E-state index in [-0.39, 0.29) is 6.09 Å². The average molecular weight is 322 g/mol. The number of piperidine rings is 1. The Balaban J connectivity index is 1.65. The Morgan fingerprint density at radius 3 is 2.39 bits per heavy atom. The fourth-order valence-electron chi connectivity index (χ4n) is 4.48. The Morgan fingerprint density at radius 1 is 1.00 bits per heavy atom.